The van der Waals surface area contributed by atoms with E-state index in [4.69, 9.17) is 10.1 Å². The van der Waals surface area contributed by atoms with E-state index in [0.29, 0.717) is 12.2 Å². The molecule has 0 amide bonds. The summed E-state index contributed by atoms with van der Waals surface area (Å²) in [5.41, 5.74) is 2.46. The number of piperidine rings is 1. The molecule has 1 aliphatic heterocycles. The van der Waals surface area contributed by atoms with E-state index in [1.54, 1.807) is 0 Å². The first kappa shape index (κ1) is 19.7. The third-order valence-corrected chi connectivity index (χ3v) is 5.64. The lowest BCUT2D eigenvalue weighted by molar-refractivity contribution is 0.0920. The highest BCUT2D eigenvalue weighted by Gasteiger charge is 2.16. The van der Waals surface area contributed by atoms with Gasteiger partial charge in [0.05, 0.1) is 17.6 Å². The minimum Gasteiger partial charge on any atom is -0.491 e. The van der Waals surface area contributed by atoms with Crippen molar-refractivity contribution in [1.82, 2.24) is 14.0 Å². The number of imidazole rings is 1. The van der Waals surface area contributed by atoms with Gasteiger partial charge in [-0.2, -0.15) is 0 Å². The van der Waals surface area contributed by atoms with E-state index < -0.39 is 6.10 Å². The van der Waals surface area contributed by atoms with E-state index in [9.17, 15) is 5.11 Å². The molecule has 0 aliphatic carbocycles. The van der Waals surface area contributed by atoms with Crippen LogP contribution < -0.4 is 10.4 Å². The number of ether oxygens (including phenoxy) is 1. The zero-order valence-corrected chi connectivity index (χ0v) is 16.8. The van der Waals surface area contributed by atoms with Gasteiger partial charge in [0.2, 0.25) is 5.62 Å². The van der Waals surface area contributed by atoms with Crippen molar-refractivity contribution >= 4 is 11.0 Å². The van der Waals surface area contributed by atoms with Crippen LogP contribution in [0.2, 0.25) is 0 Å². The van der Waals surface area contributed by atoms with Gasteiger partial charge in [-0.25, -0.2) is 0 Å². The molecule has 0 bridgehead atoms. The molecular formula is C23H30N4O2. The number of benzene rings is 2. The van der Waals surface area contributed by atoms with E-state index in [0.717, 1.165) is 43.0 Å². The van der Waals surface area contributed by atoms with Gasteiger partial charge >= 0.3 is 0 Å². The standard InChI is InChI=1S/C23H30N4O2/c24-23-26(16-15-25-13-7-2-8-14-25)21-11-5-6-12-22(21)27(23)17-19(28)18-29-20-9-3-1-4-10-20/h1,3-6,9-12,19,24,28H,2,7-8,13-18H2/t19-/m0/s1. The van der Waals surface area contributed by atoms with Gasteiger partial charge in [0, 0.05) is 13.1 Å². The van der Waals surface area contributed by atoms with Crippen molar-refractivity contribution in [3.05, 3.63) is 60.2 Å². The highest BCUT2D eigenvalue weighted by atomic mass is 16.5. The Kier molecular flexibility index (Phi) is 6.32. The molecule has 6 nitrogen and oxygen atoms in total. The Morgan fingerprint density at radius 3 is 2.24 bits per heavy atom. The Bertz CT molecular complexity index is 973. The minimum absolute atomic E-state index is 0.198. The lowest BCUT2D eigenvalue weighted by Gasteiger charge is -2.26. The number of para-hydroxylation sites is 3. The van der Waals surface area contributed by atoms with E-state index in [-0.39, 0.29) is 6.61 Å². The fraction of sp³-hybridized carbons (Fsp3) is 0.435. The van der Waals surface area contributed by atoms with Crippen LogP contribution in [0.3, 0.4) is 0 Å². The highest BCUT2D eigenvalue weighted by molar-refractivity contribution is 5.75. The molecular weight excluding hydrogens is 364 g/mol. The van der Waals surface area contributed by atoms with Crippen LogP contribution in [0.5, 0.6) is 5.75 Å². The van der Waals surface area contributed by atoms with Crippen molar-refractivity contribution in [3.8, 4) is 5.75 Å². The van der Waals surface area contributed by atoms with Crippen molar-refractivity contribution in [3.63, 3.8) is 0 Å². The first-order valence-electron chi connectivity index (χ1n) is 10.5. The maximum absolute atomic E-state index is 10.5. The van der Waals surface area contributed by atoms with Crippen molar-refractivity contribution in [2.45, 2.75) is 38.5 Å². The van der Waals surface area contributed by atoms with Gasteiger partial charge < -0.3 is 23.9 Å². The normalized spacial score (nSPS) is 16.2. The molecule has 0 saturated carbocycles. The van der Waals surface area contributed by atoms with Crippen LogP contribution in [0.25, 0.3) is 11.0 Å². The largest absolute Gasteiger partial charge is 0.491 e. The van der Waals surface area contributed by atoms with Gasteiger partial charge in [-0.1, -0.05) is 36.8 Å². The monoisotopic (exact) mass is 394 g/mol. The van der Waals surface area contributed by atoms with Crippen LogP contribution in [-0.2, 0) is 13.1 Å². The van der Waals surface area contributed by atoms with Crippen LogP contribution in [0, 0.1) is 5.41 Å². The second-order valence-corrected chi connectivity index (χ2v) is 7.75. The van der Waals surface area contributed by atoms with Crippen LogP contribution in [0.15, 0.2) is 54.6 Å². The predicted octanol–water partition coefficient (Wildman–Crippen LogP) is 2.85. The quantitative estimate of drug-likeness (QED) is 0.617. The Hall–Kier alpha value is -2.57. The van der Waals surface area contributed by atoms with Crippen molar-refractivity contribution in [1.29, 1.82) is 5.41 Å². The summed E-state index contributed by atoms with van der Waals surface area (Å²) in [4.78, 5) is 2.49. The summed E-state index contributed by atoms with van der Waals surface area (Å²) in [5, 5.41) is 19.3. The maximum atomic E-state index is 10.5. The number of aliphatic hydroxyl groups is 1. The molecule has 2 aromatic carbocycles. The van der Waals surface area contributed by atoms with Gasteiger partial charge in [0.15, 0.2) is 0 Å². The minimum atomic E-state index is -0.689. The van der Waals surface area contributed by atoms with Gasteiger partial charge in [-0.05, 0) is 50.2 Å². The molecule has 1 saturated heterocycles. The SMILES string of the molecule is N=c1n(CCN2CCCCC2)c2ccccc2n1C[C@H](O)COc1ccccc1. The number of rotatable bonds is 8. The van der Waals surface area contributed by atoms with E-state index in [1.807, 2.05) is 53.1 Å². The van der Waals surface area contributed by atoms with Crippen LogP contribution >= 0.6 is 0 Å². The zero-order chi connectivity index (χ0) is 20.1. The molecule has 1 fully saturated rings. The van der Waals surface area contributed by atoms with E-state index >= 15 is 0 Å². The number of nitrogens with zero attached hydrogens (tertiary/aromatic N) is 3. The highest BCUT2D eigenvalue weighted by Crippen LogP contribution is 2.15. The third kappa shape index (κ3) is 4.71. The lowest BCUT2D eigenvalue weighted by Crippen LogP contribution is -2.36. The van der Waals surface area contributed by atoms with Gasteiger partial charge in [-0.15, -0.1) is 0 Å². The molecule has 2 heterocycles. The average Bonchev–Trinajstić information content (AvgIpc) is 3.03. The number of aromatic nitrogens is 2. The first-order valence-corrected chi connectivity index (χ1v) is 10.5. The Morgan fingerprint density at radius 2 is 1.52 bits per heavy atom. The topological polar surface area (TPSA) is 66.4 Å². The molecule has 29 heavy (non-hydrogen) atoms. The zero-order valence-electron chi connectivity index (χ0n) is 16.8. The fourth-order valence-electron chi connectivity index (χ4n) is 4.10. The smallest absolute Gasteiger partial charge is 0.203 e. The van der Waals surface area contributed by atoms with Crippen LogP contribution in [0.1, 0.15) is 19.3 Å². The summed E-state index contributed by atoms with van der Waals surface area (Å²) in [5.74, 6) is 0.742. The number of hydrogen-bond acceptors (Lipinski definition) is 4. The molecule has 154 valence electrons. The van der Waals surface area contributed by atoms with Gasteiger partial charge in [0.25, 0.3) is 0 Å². The fourth-order valence-corrected chi connectivity index (χ4v) is 4.10. The van der Waals surface area contributed by atoms with E-state index in [2.05, 4.69) is 15.5 Å². The molecule has 4 rings (SSSR count). The molecule has 6 heteroatoms. The molecule has 2 N–H and O–H groups in total. The summed E-state index contributed by atoms with van der Waals surface area (Å²) >= 11 is 0. The molecule has 1 aliphatic rings. The number of fused-ring (bicyclic) bond motifs is 1. The molecule has 3 aromatic rings. The van der Waals surface area contributed by atoms with Gasteiger partial charge in [0.1, 0.15) is 18.5 Å². The Balaban J connectivity index is 1.48. The molecule has 0 unspecified atom stereocenters. The number of aliphatic hydroxyl groups excluding tert-OH is 1. The summed E-state index contributed by atoms with van der Waals surface area (Å²) in [6.45, 7) is 4.60. The summed E-state index contributed by atoms with van der Waals surface area (Å²) in [6, 6.07) is 17.6. The average molecular weight is 395 g/mol. The van der Waals surface area contributed by atoms with Crippen LogP contribution in [-0.4, -0.2) is 51.5 Å². The van der Waals surface area contributed by atoms with E-state index in [1.165, 1.54) is 19.3 Å². The summed E-state index contributed by atoms with van der Waals surface area (Å²) < 4.78 is 9.65. The second kappa shape index (κ2) is 9.29. The second-order valence-electron chi connectivity index (χ2n) is 7.75. The predicted molar refractivity (Wildman–Crippen MR) is 114 cm³/mol. The Labute approximate surface area is 171 Å². The number of nitrogens with one attached hydrogen (secondary N) is 1. The van der Waals surface area contributed by atoms with Gasteiger partial charge in [-0.3, -0.25) is 5.41 Å². The molecule has 1 atom stereocenters. The Morgan fingerprint density at radius 1 is 0.862 bits per heavy atom. The molecule has 0 spiro atoms. The molecule has 1 aromatic heterocycles. The first-order chi connectivity index (χ1) is 14.2. The van der Waals surface area contributed by atoms with Crippen molar-refractivity contribution < 1.29 is 9.84 Å². The van der Waals surface area contributed by atoms with Crippen LogP contribution in [0.4, 0.5) is 0 Å². The summed E-state index contributed by atoms with van der Waals surface area (Å²) in [7, 11) is 0. The summed E-state index contributed by atoms with van der Waals surface area (Å²) in [6.07, 6.45) is 3.18. The molecule has 0 radical (unpaired) electrons. The number of likely N-dealkylation sites (tertiary alicyclic amines) is 1. The lowest BCUT2D eigenvalue weighted by atomic mass is 10.1. The van der Waals surface area contributed by atoms with Crippen molar-refractivity contribution in [2.24, 2.45) is 0 Å². The third-order valence-electron chi connectivity index (χ3n) is 5.64. The number of hydrogen-bond donors (Lipinski definition) is 2. The maximum Gasteiger partial charge on any atom is 0.203 e. The van der Waals surface area contributed by atoms with Crippen molar-refractivity contribution in [2.75, 3.05) is 26.2 Å².